The number of amides is 2. The Hall–Kier alpha value is -2.62. The SMILES string of the molecule is O=C1[C@@H]2[C@H](C(=O)N1c1ccccc1)C1(Cl)c3ccccc3C2(Cl)c2ccccc21. The Kier molecular flexibility index (Phi) is 3.27. The average molecular weight is 420 g/mol. The first-order valence-corrected chi connectivity index (χ1v) is 10.3. The van der Waals surface area contributed by atoms with Gasteiger partial charge in [-0.3, -0.25) is 9.59 Å². The van der Waals surface area contributed by atoms with Crippen LogP contribution in [0, 0.1) is 11.8 Å². The molecule has 3 aromatic carbocycles. The van der Waals surface area contributed by atoms with Crippen LogP contribution in [0.2, 0.25) is 0 Å². The summed E-state index contributed by atoms with van der Waals surface area (Å²) in [5.74, 6) is -2.12. The molecule has 0 unspecified atom stereocenters. The zero-order chi connectivity index (χ0) is 20.0. The number of alkyl halides is 2. The first kappa shape index (κ1) is 17.3. The van der Waals surface area contributed by atoms with Gasteiger partial charge in [-0.15, -0.1) is 23.2 Å². The van der Waals surface area contributed by atoms with Gasteiger partial charge in [0.1, 0.15) is 9.75 Å². The van der Waals surface area contributed by atoms with Crippen molar-refractivity contribution >= 4 is 40.7 Å². The van der Waals surface area contributed by atoms with E-state index in [9.17, 15) is 9.59 Å². The Balaban J connectivity index is 1.69. The summed E-state index contributed by atoms with van der Waals surface area (Å²) in [4.78, 5) is 26.3. The number of imide groups is 1. The minimum Gasteiger partial charge on any atom is -0.274 e. The third-order valence-electron chi connectivity index (χ3n) is 6.60. The smallest absolute Gasteiger partial charge is 0.240 e. The van der Waals surface area contributed by atoms with Crippen molar-refractivity contribution in [3.05, 3.63) is 101 Å². The number of para-hydroxylation sites is 1. The lowest BCUT2D eigenvalue weighted by atomic mass is 9.54. The van der Waals surface area contributed by atoms with Gasteiger partial charge in [-0.1, -0.05) is 66.7 Å². The van der Waals surface area contributed by atoms with Gasteiger partial charge in [0.05, 0.1) is 17.5 Å². The number of carbonyl (C=O) groups excluding carboxylic acids is 2. The average Bonchev–Trinajstić information content (AvgIpc) is 3.04. The molecule has 7 rings (SSSR count). The fraction of sp³-hybridized carbons (Fsp3) is 0.167. The number of benzene rings is 3. The number of halogens is 2. The van der Waals surface area contributed by atoms with E-state index in [2.05, 4.69) is 0 Å². The molecule has 4 aliphatic rings. The summed E-state index contributed by atoms with van der Waals surface area (Å²) in [6, 6.07) is 24.3. The monoisotopic (exact) mass is 419 g/mol. The molecule has 3 aliphatic carbocycles. The summed E-state index contributed by atoms with van der Waals surface area (Å²) in [5.41, 5.74) is 3.80. The molecule has 3 nitrogen and oxygen atoms in total. The summed E-state index contributed by atoms with van der Waals surface area (Å²) in [7, 11) is 0. The number of anilines is 1. The van der Waals surface area contributed by atoms with Crippen molar-refractivity contribution in [1.29, 1.82) is 0 Å². The Bertz CT molecular complexity index is 1080. The minimum atomic E-state index is -1.13. The Morgan fingerprint density at radius 2 is 0.931 bits per heavy atom. The quantitative estimate of drug-likeness (QED) is 0.420. The largest absolute Gasteiger partial charge is 0.274 e. The molecule has 2 atom stereocenters. The van der Waals surface area contributed by atoms with Crippen LogP contribution < -0.4 is 4.90 Å². The van der Waals surface area contributed by atoms with E-state index in [1.165, 1.54) is 4.90 Å². The molecule has 0 saturated carbocycles. The van der Waals surface area contributed by atoms with Crippen molar-refractivity contribution in [2.75, 3.05) is 4.90 Å². The summed E-state index contributed by atoms with van der Waals surface area (Å²) in [6.45, 7) is 0. The fourth-order valence-corrected chi connectivity index (χ4v) is 6.60. The highest BCUT2D eigenvalue weighted by molar-refractivity contribution is 6.38. The second kappa shape index (κ2) is 5.50. The van der Waals surface area contributed by atoms with Gasteiger partial charge in [-0.25, -0.2) is 4.90 Å². The van der Waals surface area contributed by atoms with E-state index in [0.29, 0.717) is 5.69 Å². The highest BCUT2D eigenvalue weighted by atomic mass is 35.5. The summed E-state index contributed by atoms with van der Waals surface area (Å²) in [5, 5.41) is 0. The van der Waals surface area contributed by atoms with E-state index in [4.69, 9.17) is 23.2 Å². The van der Waals surface area contributed by atoms with E-state index in [-0.39, 0.29) is 11.8 Å². The number of hydrogen-bond acceptors (Lipinski definition) is 2. The first-order valence-electron chi connectivity index (χ1n) is 9.51. The molecule has 1 aliphatic heterocycles. The van der Waals surface area contributed by atoms with Crippen LogP contribution in [0.25, 0.3) is 0 Å². The molecule has 2 amide bonds. The topological polar surface area (TPSA) is 37.4 Å². The molecule has 29 heavy (non-hydrogen) atoms. The predicted molar refractivity (Wildman–Crippen MR) is 112 cm³/mol. The van der Waals surface area contributed by atoms with E-state index >= 15 is 0 Å². The first-order chi connectivity index (χ1) is 14.0. The molecule has 0 spiro atoms. The van der Waals surface area contributed by atoms with E-state index < -0.39 is 21.6 Å². The molecule has 1 fully saturated rings. The maximum atomic E-state index is 13.7. The van der Waals surface area contributed by atoms with Crippen LogP contribution in [0.15, 0.2) is 78.9 Å². The van der Waals surface area contributed by atoms with Crippen LogP contribution in [-0.2, 0) is 19.3 Å². The van der Waals surface area contributed by atoms with Crippen molar-refractivity contribution in [3.8, 4) is 0 Å². The van der Waals surface area contributed by atoms with Crippen LogP contribution in [0.4, 0.5) is 5.69 Å². The van der Waals surface area contributed by atoms with E-state index in [1.807, 2.05) is 66.7 Å². The van der Waals surface area contributed by atoms with Gasteiger partial charge in [0.2, 0.25) is 11.8 Å². The van der Waals surface area contributed by atoms with Gasteiger partial charge in [-0.2, -0.15) is 0 Å². The van der Waals surface area contributed by atoms with Crippen molar-refractivity contribution in [1.82, 2.24) is 0 Å². The van der Waals surface area contributed by atoms with Crippen molar-refractivity contribution in [2.45, 2.75) is 9.75 Å². The molecular weight excluding hydrogens is 405 g/mol. The molecule has 0 aromatic heterocycles. The molecule has 1 heterocycles. The van der Waals surface area contributed by atoms with Gasteiger partial charge in [0.25, 0.3) is 0 Å². The molecule has 142 valence electrons. The van der Waals surface area contributed by atoms with Crippen molar-refractivity contribution < 1.29 is 9.59 Å². The van der Waals surface area contributed by atoms with Gasteiger partial charge in [0, 0.05) is 0 Å². The minimum absolute atomic E-state index is 0.296. The van der Waals surface area contributed by atoms with Gasteiger partial charge in [0.15, 0.2) is 0 Å². The molecule has 5 heteroatoms. The lowest BCUT2D eigenvalue weighted by molar-refractivity contribution is -0.122. The normalized spacial score (nSPS) is 31.4. The number of carbonyl (C=O) groups is 2. The lowest BCUT2D eigenvalue weighted by Crippen LogP contribution is -2.57. The molecule has 0 radical (unpaired) electrons. The standard InChI is InChI=1S/C24H15Cl2NO2/c25-23-15-10-4-5-11-16(15)24(26,18-13-7-6-12-17(18)23)20-19(23)21(28)27(22(20)29)14-8-2-1-3-9-14/h1-13,19-20H/t19-,20+,23?,24?. The Labute approximate surface area is 177 Å². The van der Waals surface area contributed by atoms with Gasteiger partial charge in [-0.05, 0) is 34.4 Å². The molecule has 2 bridgehead atoms. The van der Waals surface area contributed by atoms with Crippen molar-refractivity contribution in [2.24, 2.45) is 11.8 Å². The highest BCUT2D eigenvalue weighted by Crippen LogP contribution is 2.69. The predicted octanol–water partition coefficient (Wildman–Crippen LogP) is 4.78. The van der Waals surface area contributed by atoms with E-state index in [0.717, 1.165) is 22.3 Å². The lowest BCUT2D eigenvalue weighted by Gasteiger charge is -2.54. The van der Waals surface area contributed by atoms with E-state index in [1.54, 1.807) is 12.1 Å². The van der Waals surface area contributed by atoms with Gasteiger partial charge >= 0.3 is 0 Å². The number of hydrogen-bond donors (Lipinski definition) is 0. The molecule has 0 N–H and O–H groups in total. The summed E-state index contributed by atoms with van der Waals surface area (Å²) < 4.78 is 0. The Morgan fingerprint density at radius 3 is 1.31 bits per heavy atom. The zero-order valence-corrected chi connectivity index (χ0v) is 16.7. The maximum absolute atomic E-state index is 13.7. The molecular formula is C24H15Cl2NO2. The number of nitrogens with zero attached hydrogens (tertiary/aromatic N) is 1. The van der Waals surface area contributed by atoms with Crippen LogP contribution in [0.5, 0.6) is 0 Å². The molecule has 3 aromatic rings. The third kappa shape index (κ3) is 1.82. The van der Waals surface area contributed by atoms with Crippen LogP contribution in [-0.4, -0.2) is 11.8 Å². The maximum Gasteiger partial charge on any atom is 0.240 e. The van der Waals surface area contributed by atoms with Crippen LogP contribution in [0.3, 0.4) is 0 Å². The Morgan fingerprint density at radius 1 is 0.586 bits per heavy atom. The molecule has 1 saturated heterocycles. The van der Waals surface area contributed by atoms with Crippen LogP contribution >= 0.6 is 23.2 Å². The van der Waals surface area contributed by atoms with Crippen LogP contribution in [0.1, 0.15) is 22.3 Å². The van der Waals surface area contributed by atoms with Gasteiger partial charge < -0.3 is 0 Å². The zero-order valence-electron chi connectivity index (χ0n) is 15.2. The second-order valence-corrected chi connectivity index (χ2v) is 9.01. The second-order valence-electron chi connectivity index (χ2n) is 7.82. The summed E-state index contributed by atoms with van der Waals surface area (Å²) in [6.07, 6.45) is 0. The highest BCUT2D eigenvalue weighted by Gasteiger charge is 2.73. The fourth-order valence-electron chi connectivity index (χ4n) is 5.50. The number of rotatable bonds is 1. The third-order valence-corrected chi connectivity index (χ3v) is 7.88. The summed E-state index contributed by atoms with van der Waals surface area (Å²) >= 11 is 14.8. The van der Waals surface area contributed by atoms with Crippen molar-refractivity contribution in [3.63, 3.8) is 0 Å².